The van der Waals surface area contributed by atoms with Gasteiger partial charge >= 0.3 is 5.97 Å². The summed E-state index contributed by atoms with van der Waals surface area (Å²) in [5.74, 6) is -0.755. The van der Waals surface area contributed by atoms with Crippen LogP contribution in [0.2, 0.25) is 0 Å². The number of rotatable bonds is 4. The smallest absolute Gasteiger partial charge is 0.303 e. The predicted molar refractivity (Wildman–Crippen MR) is 59.2 cm³/mol. The highest BCUT2D eigenvalue weighted by atomic mass is 35.5. The number of benzene rings is 1. The molecule has 0 saturated heterocycles. The maximum absolute atomic E-state index is 10.3. The first-order valence-electron chi connectivity index (χ1n) is 4.21. The van der Waals surface area contributed by atoms with Crippen molar-refractivity contribution in [3.05, 3.63) is 29.8 Å². The van der Waals surface area contributed by atoms with E-state index in [9.17, 15) is 4.79 Å². The highest BCUT2D eigenvalue weighted by molar-refractivity contribution is 5.85. The number of nitrogens with one attached hydrogen (secondary N) is 1. The fraction of sp³-hybridized carbons (Fsp3) is 0.300. The Morgan fingerprint density at radius 2 is 2.21 bits per heavy atom. The quantitative estimate of drug-likeness (QED) is 0.810. The average Bonchev–Trinajstić information content (AvgIpc) is 2.15. The van der Waals surface area contributed by atoms with E-state index in [1.54, 1.807) is 0 Å². The van der Waals surface area contributed by atoms with E-state index in [1.165, 1.54) is 0 Å². The molecule has 0 unspecified atom stereocenters. The molecule has 0 radical (unpaired) electrons. The molecule has 0 aliphatic heterocycles. The number of carbonyl (C=O) groups is 1. The van der Waals surface area contributed by atoms with Gasteiger partial charge in [-0.15, -0.1) is 12.4 Å². The van der Waals surface area contributed by atoms with Gasteiger partial charge in [-0.2, -0.15) is 0 Å². The minimum atomic E-state index is -0.755. The van der Waals surface area contributed by atoms with Gasteiger partial charge in [-0.1, -0.05) is 12.1 Å². The molecule has 0 heterocycles. The van der Waals surface area contributed by atoms with E-state index in [2.05, 4.69) is 5.32 Å². The molecule has 2 N–H and O–H groups in total. The lowest BCUT2D eigenvalue weighted by Gasteiger charge is -2.02. The lowest BCUT2D eigenvalue weighted by molar-refractivity contribution is -0.136. The summed E-state index contributed by atoms with van der Waals surface area (Å²) in [6.07, 6.45) is 0.776. The molecule has 0 spiro atoms. The first-order chi connectivity index (χ1) is 6.22. The summed E-state index contributed by atoms with van der Waals surface area (Å²) in [6, 6.07) is 7.76. The Morgan fingerprint density at radius 3 is 2.79 bits per heavy atom. The standard InChI is InChI=1S/C10H13NO2.ClH/c1-11-9-4-2-3-8(7-9)5-6-10(12)13;/h2-4,7,11H,5-6H2,1H3,(H,12,13);1H. The van der Waals surface area contributed by atoms with Crippen molar-refractivity contribution in [3.63, 3.8) is 0 Å². The zero-order valence-corrected chi connectivity index (χ0v) is 8.80. The van der Waals surface area contributed by atoms with E-state index < -0.39 is 5.97 Å². The number of halogens is 1. The summed E-state index contributed by atoms with van der Waals surface area (Å²) in [7, 11) is 1.84. The van der Waals surface area contributed by atoms with Gasteiger partial charge in [0.15, 0.2) is 0 Å². The van der Waals surface area contributed by atoms with Crippen LogP contribution in [0.4, 0.5) is 5.69 Å². The van der Waals surface area contributed by atoms with E-state index in [0.717, 1.165) is 11.3 Å². The van der Waals surface area contributed by atoms with Crippen LogP contribution in [0.25, 0.3) is 0 Å². The monoisotopic (exact) mass is 215 g/mol. The molecule has 14 heavy (non-hydrogen) atoms. The Bertz CT molecular complexity index is 302. The van der Waals surface area contributed by atoms with Crippen molar-refractivity contribution in [2.24, 2.45) is 0 Å². The molecular formula is C10H14ClNO2. The maximum atomic E-state index is 10.3. The van der Waals surface area contributed by atoms with Gasteiger partial charge in [0, 0.05) is 19.2 Å². The lowest BCUT2D eigenvalue weighted by atomic mass is 10.1. The second kappa shape index (κ2) is 6.27. The third-order valence-electron chi connectivity index (χ3n) is 1.84. The minimum Gasteiger partial charge on any atom is -0.481 e. The number of carboxylic acid groups (broad SMARTS) is 1. The summed E-state index contributed by atoms with van der Waals surface area (Å²) < 4.78 is 0. The molecule has 0 aromatic heterocycles. The van der Waals surface area contributed by atoms with Crippen LogP contribution < -0.4 is 5.32 Å². The van der Waals surface area contributed by atoms with Gasteiger partial charge in [0.1, 0.15) is 0 Å². The van der Waals surface area contributed by atoms with Crippen LogP contribution in [0.15, 0.2) is 24.3 Å². The Morgan fingerprint density at radius 1 is 1.50 bits per heavy atom. The highest BCUT2D eigenvalue weighted by Crippen LogP contribution is 2.11. The van der Waals surface area contributed by atoms with Gasteiger partial charge in [0.2, 0.25) is 0 Å². The zero-order valence-electron chi connectivity index (χ0n) is 7.99. The third kappa shape index (κ3) is 4.14. The molecule has 78 valence electrons. The van der Waals surface area contributed by atoms with Gasteiger partial charge in [0.25, 0.3) is 0 Å². The maximum Gasteiger partial charge on any atom is 0.303 e. The fourth-order valence-electron chi connectivity index (χ4n) is 1.13. The second-order valence-corrected chi connectivity index (χ2v) is 2.84. The predicted octanol–water partition coefficient (Wildman–Crippen LogP) is 2.17. The summed E-state index contributed by atoms with van der Waals surface area (Å²) >= 11 is 0. The van der Waals surface area contributed by atoms with E-state index in [1.807, 2.05) is 31.3 Å². The molecule has 0 atom stereocenters. The summed E-state index contributed by atoms with van der Waals surface area (Å²) in [4.78, 5) is 10.3. The Balaban J connectivity index is 0.00000169. The normalized spacial score (nSPS) is 8.93. The molecule has 0 fully saturated rings. The van der Waals surface area contributed by atoms with E-state index >= 15 is 0 Å². The number of carboxylic acids is 1. The lowest BCUT2D eigenvalue weighted by Crippen LogP contribution is -1.98. The molecule has 3 nitrogen and oxygen atoms in total. The Hall–Kier alpha value is -1.22. The van der Waals surface area contributed by atoms with Crippen LogP contribution in [0.3, 0.4) is 0 Å². The fourth-order valence-corrected chi connectivity index (χ4v) is 1.13. The molecule has 1 aromatic carbocycles. The largest absolute Gasteiger partial charge is 0.481 e. The summed E-state index contributed by atoms with van der Waals surface area (Å²) in [6.45, 7) is 0. The molecule has 0 aliphatic carbocycles. The van der Waals surface area contributed by atoms with Crippen LogP contribution in [0.1, 0.15) is 12.0 Å². The zero-order chi connectivity index (χ0) is 9.68. The molecule has 4 heteroatoms. The van der Waals surface area contributed by atoms with Gasteiger partial charge in [-0.05, 0) is 24.1 Å². The van der Waals surface area contributed by atoms with Crippen LogP contribution in [0, 0.1) is 0 Å². The van der Waals surface area contributed by atoms with Gasteiger partial charge in [0.05, 0.1) is 0 Å². The van der Waals surface area contributed by atoms with E-state index in [-0.39, 0.29) is 18.8 Å². The van der Waals surface area contributed by atoms with Crippen molar-refractivity contribution in [1.82, 2.24) is 0 Å². The van der Waals surface area contributed by atoms with E-state index in [4.69, 9.17) is 5.11 Å². The molecule has 1 rings (SSSR count). The molecular weight excluding hydrogens is 202 g/mol. The van der Waals surface area contributed by atoms with Gasteiger partial charge < -0.3 is 10.4 Å². The summed E-state index contributed by atoms with van der Waals surface area (Å²) in [5.41, 5.74) is 2.07. The van der Waals surface area contributed by atoms with Crippen molar-refractivity contribution in [2.45, 2.75) is 12.8 Å². The highest BCUT2D eigenvalue weighted by Gasteiger charge is 1.99. The number of aliphatic carboxylic acids is 1. The number of hydrogen-bond donors (Lipinski definition) is 2. The molecule has 0 amide bonds. The molecule has 0 bridgehead atoms. The van der Waals surface area contributed by atoms with Crippen molar-refractivity contribution < 1.29 is 9.90 Å². The van der Waals surface area contributed by atoms with Crippen LogP contribution >= 0.6 is 12.4 Å². The average molecular weight is 216 g/mol. The van der Waals surface area contributed by atoms with Crippen LogP contribution in [0.5, 0.6) is 0 Å². The second-order valence-electron chi connectivity index (χ2n) is 2.84. The number of aryl methyl sites for hydroxylation is 1. The SMILES string of the molecule is CNc1cccc(CCC(=O)O)c1.Cl. The van der Waals surface area contributed by atoms with Crippen molar-refractivity contribution in [2.75, 3.05) is 12.4 Å². The summed E-state index contributed by atoms with van der Waals surface area (Å²) in [5, 5.41) is 11.5. The van der Waals surface area contributed by atoms with Crippen molar-refractivity contribution >= 4 is 24.1 Å². The Labute approximate surface area is 89.5 Å². The van der Waals surface area contributed by atoms with Gasteiger partial charge in [-0.25, -0.2) is 0 Å². The van der Waals surface area contributed by atoms with Crippen LogP contribution in [-0.4, -0.2) is 18.1 Å². The Kier molecular flexibility index (Phi) is 5.72. The van der Waals surface area contributed by atoms with Gasteiger partial charge in [-0.3, -0.25) is 4.79 Å². The number of anilines is 1. The van der Waals surface area contributed by atoms with Crippen molar-refractivity contribution in [3.8, 4) is 0 Å². The first kappa shape index (κ1) is 12.8. The number of hydrogen-bond acceptors (Lipinski definition) is 2. The minimum absolute atomic E-state index is 0. The molecule has 0 aliphatic rings. The van der Waals surface area contributed by atoms with Crippen LogP contribution in [-0.2, 0) is 11.2 Å². The van der Waals surface area contributed by atoms with E-state index in [0.29, 0.717) is 6.42 Å². The third-order valence-corrected chi connectivity index (χ3v) is 1.84. The van der Waals surface area contributed by atoms with Crippen molar-refractivity contribution in [1.29, 1.82) is 0 Å². The topological polar surface area (TPSA) is 49.3 Å². The molecule has 0 saturated carbocycles. The molecule has 1 aromatic rings. The first-order valence-corrected chi connectivity index (χ1v) is 4.21.